The van der Waals surface area contributed by atoms with Gasteiger partial charge in [-0.25, -0.2) is 4.79 Å². The molecular weight excluding hydrogens is 811 g/mol. The summed E-state index contributed by atoms with van der Waals surface area (Å²) in [5.41, 5.74) is 0.680. The summed E-state index contributed by atoms with van der Waals surface area (Å²) in [4.78, 5) is 42.3. The van der Waals surface area contributed by atoms with E-state index in [9.17, 15) is 19.5 Å². The first-order valence-corrected chi connectivity index (χ1v) is 24.4. The molecule has 4 aromatic carbocycles. The Hall–Kier alpha value is -3.87. The molecule has 1 heterocycles. The number of rotatable bonds is 9. The van der Waals surface area contributed by atoms with Crippen molar-refractivity contribution in [2.75, 3.05) is 72.5 Å². The molecule has 11 nitrogen and oxygen atoms in total. The molecule has 11 heteroatoms. The molecule has 10 atom stereocenters. The van der Waals surface area contributed by atoms with Crippen LogP contribution in [0.15, 0.2) is 54.6 Å². The predicted octanol–water partition coefficient (Wildman–Crippen LogP) is 9.17. The Bertz CT molecular complexity index is 2230. The molecule has 4 saturated carbocycles. The van der Waals surface area contributed by atoms with E-state index in [1.54, 1.807) is 0 Å². The number of fused-ring (bicyclic) bond motifs is 5. The minimum atomic E-state index is -0.731. The Morgan fingerprint density at radius 1 is 0.719 bits per heavy atom. The van der Waals surface area contributed by atoms with Crippen LogP contribution in [0.5, 0.6) is 0 Å². The molecular formula is C53H69NO10. The van der Waals surface area contributed by atoms with Crippen molar-refractivity contribution in [2.24, 2.45) is 46.3 Å². The highest BCUT2D eigenvalue weighted by Gasteiger charge is 2.64. The van der Waals surface area contributed by atoms with Gasteiger partial charge in [-0.05, 0) is 137 Å². The quantitative estimate of drug-likeness (QED) is 0.128. The summed E-state index contributed by atoms with van der Waals surface area (Å²) in [6.07, 6.45) is 7.97. The number of carboxylic acid groups (broad SMARTS) is 1. The van der Waals surface area contributed by atoms with Gasteiger partial charge in [0.2, 0.25) is 0 Å². The smallest absolute Gasteiger partial charge is 0.339 e. The van der Waals surface area contributed by atoms with Gasteiger partial charge < -0.3 is 33.5 Å². The second kappa shape index (κ2) is 19.5. The summed E-state index contributed by atoms with van der Waals surface area (Å²) in [5.74, 6) is 0.711. The van der Waals surface area contributed by atoms with E-state index in [-0.39, 0.29) is 59.8 Å². The van der Waals surface area contributed by atoms with Crippen molar-refractivity contribution in [1.29, 1.82) is 0 Å². The van der Waals surface area contributed by atoms with Crippen LogP contribution in [0.4, 0.5) is 0 Å². The van der Waals surface area contributed by atoms with Crippen LogP contribution >= 0.6 is 0 Å². The summed E-state index contributed by atoms with van der Waals surface area (Å²) < 4.78 is 36.3. The Morgan fingerprint density at radius 2 is 1.33 bits per heavy atom. The second-order valence-electron chi connectivity index (χ2n) is 20.4. The van der Waals surface area contributed by atoms with Crippen molar-refractivity contribution < 1.29 is 47.9 Å². The summed E-state index contributed by atoms with van der Waals surface area (Å²) in [6, 6.07) is 18.8. The lowest BCUT2D eigenvalue weighted by Gasteiger charge is -2.62. The maximum absolute atomic E-state index is 14.3. The Labute approximate surface area is 378 Å². The van der Waals surface area contributed by atoms with Crippen LogP contribution in [0.25, 0.3) is 32.3 Å². The van der Waals surface area contributed by atoms with E-state index in [0.29, 0.717) is 102 Å². The summed E-state index contributed by atoms with van der Waals surface area (Å²) in [6.45, 7) is 12.4. The van der Waals surface area contributed by atoms with Crippen molar-refractivity contribution in [3.05, 3.63) is 60.2 Å². The van der Waals surface area contributed by atoms with Crippen molar-refractivity contribution in [1.82, 2.24) is 4.90 Å². The van der Waals surface area contributed by atoms with Crippen LogP contribution in [-0.2, 0) is 38.0 Å². The fourth-order valence-electron chi connectivity index (χ4n) is 13.9. The molecule has 0 radical (unpaired) electrons. The van der Waals surface area contributed by atoms with Crippen LogP contribution < -0.4 is 0 Å². The highest BCUT2D eigenvalue weighted by molar-refractivity contribution is 6.26. The van der Waals surface area contributed by atoms with E-state index < -0.39 is 5.97 Å². The van der Waals surface area contributed by atoms with Gasteiger partial charge >= 0.3 is 17.9 Å². The van der Waals surface area contributed by atoms with E-state index in [1.165, 1.54) is 5.39 Å². The van der Waals surface area contributed by atoms with Gasteiger partial charge in [0.05, 0.1) is 65.0 Å². The average molecular weight is 880 g/mol. The van der Waals surface area contributed by atoms with E-state index in [1.807, 2.05) is 12.1 Å². The van der Waals surface area contributed by atoms with Crippen molar-refractivity contribution in [2.45, 2.75) is 97.2 Å². The van der Waals surface area contributed by atoms with Crippen molar-refractivity contribution in [3.63, 3.8) is 0 Å². The van der Waals surface area contributed by atoms with Gasteiger partial charge in [-0.2, -0.15) is 0 Å². The number of hydrogen-bond acceptors (Lipinski definition) is 10. The molecule has 4 aliphatic carbocycles. The van der Waals surface area contributed by atoms with Gasteiger partial charge in [-0.15, -0.1) is 0 Å². The molecule has 5 aliphatic rings. The van der Waals surface area contributed by atoms with Crippen LogP contribution in [-0.4, -0.2) is 113 Å². The minimum Gasteiger partial charge on any atom is -0.481 e. The molecule has 0 unspecified atom stereocenters. The molecule has 0 bridgehead atoms. The molecule has 0 amide bonds. The van der Waals surface area contributed by atoms with Crippen LogP contribution in [0.3, 0.4) is 0 Å². The van der Waals surface area contributed by atoms with E-state index in [2.05, 4.69) is 68.1 Å². The van der Waals surface area contributed by atoms with Gasteiger partial charge in [0.1, 0.15) is 12.2 Å². The highest BCUT2D eigenvalue weighted by atomic mass is 16.6. The summed E-state index contributed by atoms with van der Waals surface area (Å²) in [7, 11) is 0. The molecule has 5 fully saturated rings. The fourth-order valence-corrected chi connectivity index (χ4v) is 13.9. The number of carboxylic acids is 1. The van der Waals surface area contributed by atoms with E-state index in [0.717, 1.165) is 78.3 Å². The van der Waals surface area contributed by atoms with Gasteiger partial charge in [0, 0.05) is 25.4 Å². The lowest BCUT2D eigenvalue weighted by Crippen LogP contribution is -2.59. The zero-order chi connectivity index (χ0) is 44.4. The van der Waals surface area contributed by atoms with Gasteiger partial charge in [0.25, 0.3) is 0 Å². The Morgan fingerprint density at radius 3 is 2.02 bits per heavy atom. The molecule has 0 aromatic heterocycles. The van der Waals surface area contributed by atoms with Crippen molar-refractivity contribution >= 4 is 50.2 Å². The Kier molecular flexibility index (Phi) is 13.8. The largest absolute Gasteiger partial charge is 0.481 e. The third-order valence-corrected chi connectivity index (χ3v) is 17.1. The van der Waals surface area contributed by atoms with Crippen LogP contribution in [0, 0.1) is 46.3 Å². The maximum Gasteiger partial charge on any atom is 0.339 e. The fraction of sp³-hybridized carbons (Fsp3) is 0.642. The predicted molar refractivity (Wildman–Crippen MR) is 246 cm³/mol. The number of aliphatic carboxylic acids is 1. The van der Waals surface area contributed by atoms with Gasteiger partial charge in [0.15, 0.2) is 0 Å². The molecule has 0 spiro atoms. The number of nitrogens with zero attached hydrogens (tertiary/aromatic N) is 1. The number of carbonyl (C=O) groups excluding carboxylic acids is 2. The monoisotopic (exact) mass is 879 g/mol. The molecule has 64 heavy (non-hydrogen) atoms. The first-order chi connectivity index (χ1) is 31.0. The molecule has 346 valence electrons. The number of hydrogen-bond donors (Lipinski definition) is 1. The van der Waals surface area contributed by atoms with E-state index in [4.69, 9.17) is 28.4 Å². The number of carbonyl (C=O) groups is 3. The van der Waals surface area contributed by atoms with E-state index >= 15 is 0 Å². The molecule has 1 aliphatic heterocycles. The summed E-state index contributed by atoms with van der Waals surface area (Å²) in [5, 5.41) is 16.2. The third-order valence-electron chi connectivity index (χ3n) is 17.1. The number of ether oxygens (including phenoxy) is 6. The second-order valence-corrected chi connectivity index (χ2v) is 20.4. The minimum absolute atomic E-state index is 0.0213. The van der Waals surface area contributed by atoms with Gasteiger partial charge in [-0.3, -0.25) is 14.5 Å². The molecule has 1 N–H and O–H groups in total. The summed E-state index contributed by atoms with van der Waals surface area (Å²) >= 11 is 0. The van der Waals surface area contributed by atoms with Gasteiger partial charge in [-0.1, -0.05) is 69.3 Å². The van der Waals surface area contributed by atoms with Crippen molar-refractivity contribution in [3.8, 4) is 0 Å². The highest BCUT2D eigenvalue weighted by Crippen LogP contribution is 2.69. The third kappa shape index (κ3) is 9.13. The standard InChI is InChI=1S/C53H69NO10/c1-34(7-16-46(55)56)42-14-15-43-50-44(18-20-53(42,43)3)52(2)19-17-39(63-51(58)41-13-11-37-9-8-35-5-4-6-36-10-12-40(41)49(37)48(35)36)31-38(52)32-45(50)64-47(57)33-54-21-23-59-25-27-61-29-30-62-28-26-60-24-22-54/h4-6,8-13,34,38-39,42-45,50H,7,14-33H2,1-3H3,(H,55,56)/t34-,38+,39-,42-,43+,44+,45-,50+,52+,53-/m1/s1. The first-order valence-electron chi connectivity index (χ1n) is 24.4. The number of benzene rings is 4. The van der Waals surface area contributed by atoms with Crippen LogP contribution in [0.2, 0.25) is 0 Å². The molecule has 9 rings (SSSR count). The maximum atomic E-state index is 14.3. The topological polar surface area (TPSA) is 130 Å². The molecule has 4 aromatic rings. The zero-order valence-electron chi connectivity index (χ0n) is 38.2. The SMILES string of the molecule is C[C@H](CCC(=O)O)[C@H]1CC[C@H]2[C@@H]3[C@H](OC(=O)CN4CCOCCOCCOCCOCC4)C[C@@H]4C[C@H](OC(=O)c5ccc6ccc7cccc8ccc5c6c78)CC[C@]4(C)[C@H]3CC[C@]12C. The zero-order valence-corrected chi connectivity index (χ0v) is 38.2. The number of esters is 2. The first kappa shape index (κ1) is 45.3. The normalized spacial score (nSPS) is 32.8. The molecule has 1 saturated heterocycles. The average Bonchev–Trinajstić information content (AvgIpc) is 3.64. The lowest BCUT2D eigenvalue weighted by molar-refractivity contribution is -0.196. The van der Waals surface area contributed by atoms with Crippen LogP contribution in [0.1, 0.15) is 95.3 Å². The Balaban J connectivity index is 0.942. The lowest BCUT2D eigenvalue weighted by atomic mass is 9.43.